The van der Waals surface area contributed by atoms with Gasteiger partial charge in [0.05, 0.1) is 25.7 Å². The number of amides is 19. The van der Waals surface area contributed by atoms with Crippen LogP contribution >= 0.6 is 0 Å². The highest BCUT2D eigenvalue weighted by Crippen LogP contribution is 2.23. The number of carbonyl (C=O) groups excluding carboxylic acids is 20. The molecule has 794 valence electrons. The average molecular weight is 1990 g/mol. The van der Waals surface area contributed by atoms with E-state index in [1.165, 1.54) is 31.7 Å². The summed E-state index contributed by atoms with van der Waals surface area (Å²) in [5, 5.41) is 84.9. The molecule has 2 aliphatic rings. The topological polar surface area (TPSA) is 717 Å². The van der Waals surface area contributed by atoms with Crippen molar-refractivity contribution in [3.63, 3.8) is 0 Å². The SMILES string of the molecule is C/C=C(\NC(=O)[C@H](NC(=O)[C@H](CC(C)C)NC(=O)[C@@H](CCC(N)=O)NC(=O)[C@@H](NC(=O)[C@H](NC(=O)[C@@H](CC(C)C)NC(=O)[C@@H](CO)NC(=O)[C@H](NC(=O)[C@H](CC(C)C)NC(=O)[C@H](CO)NC(=O)[C@H]1CCCN1C(=O)/C(=C/C)NC(=O)CC(O)CCCCC)C(C)C)C(C)C)C(C)C)C(C)C)C(=O)N[C@H]1C(=O)N[C@@H]([C@@H](C)CC)C(=O)N[C@@H](CCO)C(=O)N[C@H](CCN)C(=O)N[C@@H](CCCCN)C(=O)O[C@@H]1C. The van der Waals surface area contributed by atoms with Crippen LogP contribution < -0.4 is 108 Å². The minimum Gasteiger partial charge on any atom is -0.458 e. The summed E-state index contributed by atoms with van der Waals surface area (Å²) in [7, 11) is 0. The van der Waals surface area contributed by atoms with Gasteiger partial charge in [-0.2, -0.15) is 0 Å². The van der Waals surface area contributed by atoms with E-state index < -0.39 is 295 Å². The van der Waals surface area contributed by atoms with Gasteiger partial charge in [-0.15, -0.1) is 0 Å². The number of likely N-dealkylation sites (tertiary alicyclic amines) is 1. The molecule has 2 saturated heterocycles. The Hall–Kier alpha value is -11.4. The Morgan fingerprint density at radius 2 is 0.900 bits per heavy atom. The lowest BCUT2D eigenvalue weighted by Gasteiger charge is -2.32. The van der Waals surface area contributed by atoms with Crippen LogP contribution in [0.15, 0.2) is 23.5 Å². The fraction of sp³-hybridized carbons (Fsp3) is 0.745. The van der Waals surface area contributed by atoms with E-state index in [2.05, 4.69) is 90.4 Å². The summed E-state index contributed by atoms with van der Waals surface area (Å²) in [4.78, 5) is 284. The van der Waals surface area contributed by atoms with Crippen molar-refractivity contribution in [1.82, 2.24) is 95.3 Å². The van der Waals surface area contributed by atoms with E-state index in [-0.39, 0.29) is 107 Å². The van der Waals surface area contributed by atoms with E-state index in [0.29, 0.717) is 25.7 Å². The molecule has 19 atom stereocenters. The molecule has 0 bridgehead atoms. The third-order valence-electron chi connectivity index (χ3n) is 23.7. The largest absolute Gasteiger partial charge is 0.458 e. The number of allylic oxidation sites excluding steroid dienone is 2. The number of esters is 1. The fourth-order valence-corrected chi connectivity index (χ4v) is 15.4. The number of aliphatic hydroxyl groups is 4. The van der Waals surface area contributed by atoms with Crippen molar-refractivity contribution < 1.29 is 121 Å². The van der Waals surface area contributed by atoms with E-state index in [1.807, 2.05) is 6.92 Å². The summed E-state index contributed by atoms with van der Waals surface area (Å²) >= 11 is 0. The highest BCUT2D eigenvalue weighted by atomic mass is 16.5. The second-order valence-corrected chi connectivity index (χ2v) is 38.5. The third kappa shape index (κ3) is 42.2. The Labute approximate surface area is 821 Å². The van der Waals surface area contributed by atoms with E-state index in [0.717, 1.165) is 18.9 Å². The molecule has 0 radical (unpaired) electrons. The first-order chi connectivity index (χ1) is 65.7. The molecular weight excluding hydrogens is 1820 g/mol. The maximum Gasteiger partial charge on any atom is 0.328 e. The number of hydrogen-bond acceptors (Lipinski definition) is 27. The molecule has 0 aromatic carbocycles. The normalized spacial score (nSPS) is 20.1. The Bertz CT molecular complexity index is 4220. The van der Waals surface area contributed by atoms with Gasteiger partial charge in [-0.1, -0.05) is 156 Å². The third-order valence-corrected chi connectivity index (χ3v) is 23.7. The van der Waals surface area contributed by atoms with Crippen molar-refractivity contribution in [2.45, 2.75) is 363 Å². The van der Waals surface area contributed by atoms with Crippen molar-refractivity contribution in [3.05, 3.63) is 23.5 Å². The van der Waals surface area contributed by atoms with Crippen LogP contribution in [0.1, 0.15) is 254 Å². The number of ether oxygens (including phenoxy) is 1. The number of nitrogens with zero attached hydrogens (tertiary/aromatic N) is 1. The van der Waals surface area contributed by atoms with Gasteiger partial charge in [0.1, 0.15) is 114 Å². The van der Waals surface area contributed by atoms with E-state index >= 15 is 0 Å². The smallest absolute Gasteiger partial charge is 0.328 e. The number of unbranched alkanes of at least 4 members (excludes halogenated alkanes) is 3. The van der Waals surface area contributed by atoms with Crippen LogP contribution in [0.4, 0.5) is 0 Å². The summed E-state index contributed by atoms with van der Waals surface area (Å²) in [6, 6.07) is -24.2. The van der Waals surface area contributed by atoms with Crippen molar-refractivity contribution in [1.29, 1.82) is 0 Å². The molecular formula is C94H163N21O25. The predicted molar refractivity (Wildman–Crippen MR) is 516 cm³/mol. The maximum absolute atomic E-state index is 14.7. The van der Waals surface area contributed by atoms with Crippen molar-refractivity contribution in [3.8, 4) is 0 Å². The number of nitrogens with two attached hydrogens (primary N) is 3. The Morgan fingerprint density at radius 1 is 0.471 bits per heavy atom. The zero-order valence-electron chi connectivity index (χ0n) is 85.2. The van der Waals surface area contributed by atoms with Gasteiger partial charge >= 0.3 is 5.97 Å². The number of aliphatic hydroxyl groups excluding tert-OH is 4. The second-order valence-electron chi connectivity index (χ2n) is 38.5. The van der Waals surface area contributed by atoms with Crippen LogP contribution in [0.3, 0.4) is 0 Å². The first-order valence-corrected chi connectivity index (χ1v) is 49.0. The summed E-state index contributed by atoms with van der Waals surface area (Å²) < 4.78 is 5.83. The molecule has 0 aromatic rings. The Balaban J connectivity index is 2.45. The van der Waals surface area contributed by atoms with Crippen molar-refractivity contribution >= 4 is 118 Å². The number of primary amides is 1. The molecule has 46 nitrogen and oxygen atoms in total. The van der Waals surface area contributed by atoms with Gasteiger partial charge in [0, 0.05) is 19.6 Å². The lowest BCUT2D eigenvalue weighted by atomic mass is 9.96. The molecule has 2 heterocycles. The lowest BCUT2D eigenvalue weighted by molar-refractivity contribution is -0.156. The Morgan fingerprint density at radius 3 is 1.34 bits per heavy atom. The molecule has 2 aliphatic heterocycles. The standard InChI is InChI=1S/C94H163N21O25/c1-21-25-26-30-56(119)44-70(121)98-58(24-4)93(138)115-39-29-32-68(115)86(131)107-66(45-117)84(129)105-64(42-48(7)8)82(127)110-72(51(13)14)89(134)108-67(46-118)85(130)106-65(43-49(9)10)83(128)111-74(53(17)18)90(135)112-73(52(15)16)88(133)101-59(33-34-69(97)120)78(123)104-63(41-47(5)6)81(126)109-71(50(11)12)87(132)99-57(23-3)77(122)114-76-55(20)140-94(139)62(31-27-28-37-95)103-79(124)60(35-38-96)100-80(125)61(36-40-116)102-91(136)75(54(19)22-2)113-92(76)137/h23-24,47-56,59-68,71-76,116-119H,21-22,25-46,95-96H2,1-20H3,(H2,97,120)(H,98,121)(H,99,132)(H,100,125)(H,101,133)(H,102,136)(H,103,124)(H,104,123)(H,105,129)(H,106,130)(H,107,131)(H,108,134)(H,109,126)(H,110,127)(H,111,128)(H,112,135)(H,113,137)(H,114,122)/b57-23-,58-24-/t54-,55+,56?,59+,60+,61-,62-,63-,64-,65+,66-,67+,68+,71+,72+,73-,74+,75-,76+/m0/s1. The van der Waals surface area contributed by atoms with Gasteiger partial charge in [-0.3, -0.25) is 91.1 Å². The van der Waals surface area contributed by atoms with Gasteiger partial charge in [0.2, 0.25) is 100 Å². The molecule has 2 rings (SSSR count). The van der Waals surface area contributed by atoms with Crippen molar-refractivity contribution in [2.24, 2.45) is 64.5 Å². The minimum atomic E-state index is -1.89. The average Bonchev–Trinajstić information content (AvgIpc) is 1.67. The molecule has 0 aromatic heterocycles. The highest BCUT2D eigenvalue weighted by molar-refractivity contribution is 6.05. The van der Waals surface area contributed by atoms with E-state index in [9.17, 15) is 116 Å². The molecule has 1 unspecified atom stereocenters. The molecule has 27 N–H and O–H groups in total. The molecule has 0 spiro atoms. The predicted octanol–water partition coefficient (Wildman–Crippen LogP) is -3.52. The highest BCUT2D eigenvalue weighted by Gasteiger charge is 2.44. The quantitative estimate of drug-likeness (QED) is 0.0159. The summed E-state index contributed by atoms with van der Waals surface area (Å²) in [5.41, 5.74) is 16.5. The number of nitrogens with one attached hydrogen (secondary N) is 17. The molecule has 0 saturated carbocycles. The lowest BCUT2D eigenvalue weighted by Crippen LogP contribution is -2.63. The van der Waals surface area contributed by atoms with Crippen LogP contribution in [0, 0.1) is 47.3 Å². The number of cyclic esters (lactones) is 1. The van der Waals surface area contributed by atoms with E-state index in [1.54, 1.807) is 111 Å². The Kier molecular flexibility index (Phi) is 56.5. The number of hydrogen-bond donors (Lipinski definition) is 24. The molecule has 2 fully saturated rings. The number of carbonyl (C=O) groups is 20. The maximum atomic E-state index is 14.7. The molecule has 46 heteroatoms. The van der Waals surface area contributed by atoms with E-state index in [4.69, 9.17) is 21.9 Å². The van der Waals surface area contributed by atoms with Gasteiger partial charge in [0.15, 0.2) is 0 Å². The van der Waals surface area contributed by atoms with Gasteiger partial charge in [0.25, 0.3) is 11.8 Å². The second kappa shape index (κ2) is 63.4. The summed E-state index contributed by atoms with van der Waals surface area (Å²) in [6.45, 7) is 29.7. The fourth-order valence-electron chi connectivity index (χ4n) is 15.4. The van der Waals surface area contributed by atoms with Crippen LogP contribution in [0.25, 0.3) is 0 Å². The summed E-state index contributed by atoms with van der Waals surface area (Å²) in [6.07, 6.45) is 2.26. The van der Waals surface area contributed by atoms with Crippen molar-refractivity contribution in [2.75, 3.05) is 39.5 Å². The van der Waals surface area contributed by atoms with Gasteiger partial charge < -0.3 is 138 Å². The van der Waals surface area contributed by atoms with Gasteiger partial charge in [-0.25, -0.2) is 4.79 Å². The molecule has 19 amide bonds. The first kappa shape index (κ1) is 125. The monoisotopic (exact) mass is 1990 g/mol. The van der Waals surface area contributed by atoms with Gasteiger partial charge in [-0.05, 0) is 158 Å². The summed E-state index contributed by atoms with van der Waals surface area (Å²) in [5.74, 6) is -23.7. The van der Waals surface area contributed by atoms with Crippen LogP contribution in [-0.4, -0.2) is 292 Å². The zero-order valence-corrected chi connectivity index (χ0v) is 85.2. The molecule has 140 heavy (non-hydrogen) atoms. The molecule has 0 aliphatic carbocycles. The zero-order chi connectivity index (χ0) is 106. The van der Waals surface area contributed by atoms with Crippen LogP contribution in [0.2, 0.25) is 0 Å². The first-order valence-electron chi connectivity index (χ1n) is 49.0. The number of rotatable bonds is 57. The van der Waals surface area contributed by atoms with Crippen LogP contribution in [-0.2, 0) is 101 Å². The minimum absolute atomic E-state index is 0.0437. The van der Waals surface area contributed by atoms with Crippen LogP contribution in [0.5, 0.6) is 0 Å².